The molecule has 4 nitrogen and oxygen atoms in total. The first-order chi connectivity index (χ1) is 8.30. The van der Waals surface area contributed by atoms with Crippen LogP contribution in [0.15, 0.2) is 18.2 Å². The Morgan fingerprint density at radius 1 is 1.50 bits per heavy atom. The highest BCUT2D eigenvalue weighted by Gasteiger charge is 2.32. The number of halogens is 1. The molecule has 1 rings (SSSR count). The normalized spacial score (nSPS) is 11.7. The Morgan fingerprint density at radius 2 is 2.11 bits per heavy atom. The van der Waals surface area contributed by atoms with E-state index in [1.807, 2.05) is 0 Å². The van der Waals surface area contributed by atoms with E-state index < -0.39 is 17.3 Å². The van der Waals surface area contributed by atoms with Gasteiger partial charge in [-0.1, -0.05) is 12.1 Å². The first-order valence-electron chi connectivity index (χ1n) is 5.56. The minimum Gasteiger partial charge on any atom is -0.494 e. The van der Waals surface area contributed by atoms with Crippen LogP contribution in [0.5, 0.6) is 5.75 Å². The Bertz CT molecular complexity index is 446. The van der Waals surface area contributed by atoms with E-state index in [0.29, 0.717) is 5.56 Å². The second-order valence-electron chi connectivity index (χ2n) is 4.65. The van der Waals surface area contributed by atoms with Crippen molar-refractivity contribution in [1.29, 1.82) is 0 Å². The summed E-state index contributed by atoms with van der Waals surface area (Å²) in [5.41, 5.74) is -0.652. The van der Waals surface area contributed by atoms with Crippen molar-refractivity contribution in [3.8, 4) is 5.75 Å². The molecule has 0 aliphatic carbocycles. The van der Waals surface area contributed by atoms with Crippen molar-refractivity contribution in [2.75, 3.05) is 14.2 Å². The van der Waals surface area contributed by atoms with Crippen LogP contribution in [0.4, 0.5) is 4.39 Å². The lowest BCUT2D eigenvalue weighted by molar-refractivity contribution is -0.148. The lowest BCUT2D eigenvalue weighted by atomic mass is 10.0. The number of hydrogen-bond acceptors (Lipinski definition) is 3. The number of aliphatic carboxylic acids is 1. The molecule has 0 atom stereocenters. The number of ether oxygens (including phenoxy) is 1. The minimum atomic E-state index is -1.06. The van der Waals surface area contributed by atoms with Gasteiger partial charge in [-0.2, -0.15) is 0 Å². The molecule has 0 amide bonds. The second kappa shape index (κ2) is 5.35. The van der Waals surface area contributed by atoms with Gasteiger partial charge >= 0.3 is 5.97 Å². The molecular weight excluding hydrogens is 237 g/mol. The zero-order valence-corrected chi connectivity index (χ0v) is 11.0. The minimum absolute atomic E-state index is 0.161. The first-order valence-corrected chi connectivity index (χ1v) is 5.56. The maximum Gasteiger partial charge on any atom is 0.323 e. The number of carbonyl (C=O) groups is 1. The maximum absolute atomic E-state index is 13.9. The van der Waals surface area contributed by atoms with Crippen LogP contribution in [0.3, 0.4) is 0 Å². The number of benzene rings is 1. The number of nitrogens with zero attached hydrogens (tertiary/aromatic N) is 1. The third-order valence-electron chi connectivity index (χ3n) is 3.15. The predicted octanol–water partition coefficient (Wildman–Crippen LogP) is 2.13. The van der Waals surface area contributed by atoms with Gasteiger partial charge in [0.05, 0.1) is 7.11 Å². The zero-order chi connectivity index (χ0) is 13.9. The molecule has 0 unspecified atom stereocenters. The Balaban J connectivity index is 2.95. The van der Waals surface area contributed by atoms with E-state index in [1.165, 1.54) is 13.2 Å². The lowest BCUT2D eigenvalue weighted by Crippen LogP contribution is -2.47. The van der Waals surface area contributed by atoms with Crippen molar-refractivity contribution in [1.82, 2.24) is 4.90 Å². The summed E-state index contributed by atoms with van der Waals surface area (Å²) in [7, 11) is 3.04. The average molecular weight is 255 g/mol. The highest BCUT2D eigenvalue weighted by Crippen LogP contribution is 2.23. The van der Waals surface area contributed by atoms with Crippen molar-refractivity contribution in [2.24, 2.45) is 0 Å². The van der Waals surface area contributed by atoms with Crippen molar-refractivity contribution in [3.05, 3.63) is 29.6 Å². The molecule has 0 aliphatic rings. The van der Waals surface area contributed by atoms with E-state index in [9.17, 15) is 9.18 Å². The Kier molecular flexibility index (Phi) is 4.29. The quantitative estimate of drug-likeness (QED) is 0.875. The van der Waals surface area contributed by atoms with E-state index in [2.05, 4.69) is 0 Å². The van der Waals surface area contributed by atoms with Crippen molar-refractivity contribution < 1.29 is 19.0 Å². The van der Waals surface area contributed by atoms with Crippen molar-refractivity contribution >= 4 is 5.97 Å². The number of hydrogen-bond donors (Lipinski definition) is 1. The van der Waals surface area contributed by atoms with Crippen LogP contribution in [-0.4, -0.2) is 35.7 Å². The summed E-state index contributed by atoms with van der Waals surface area (Å²) in [6, 6.07) is 4.83. The van der Waals surface area contributed by atoms with E-state index >= 15 is 0 Å². The van der Waals surface area contributed by atoms with E-state index in [0.717, 1.165) is 0 Å². The standard InChI is InChI=1S/C13H18FNO3/c1-13(2,12(16)17)15(3)8-9-6-5-7-10(18-4)11(9)14/h5-7H,8H2,1-4H3,(H,16,17). The van der Waals surface area contributed by atoms with Crippen LogP contribution < -0.4 is 4.74 Å². The van der Waals surface area contributed by atoms with Gasteiger partial charge in [-0.05, 0) is 27.0 Å². The monoisotopic (exact) mass is 255 g/mol. The Hall–Kier alpha value is -1.62. The molecular formula is C13H18FNO3. The van der Waals surface area contributed by atoms with Crippen LogP contribution in [0.1, 0.15) is 19.4 Å². The van der Waals surface area contributed by atoms with Gasteiger partial charge in [0.25, 0.3) is 0 Å². The summed E-state index contributed by atoms with van der Waals surface area (Å²) in [6.45, 7) is 3.35. The Labute approximate surface area is 106 Å². The summed E-state index contributed by atoms with van der Waals surface area (Å²) in [5, 5.41) is 9.10. The topological polar surface area (TPSA) is 49.8 Å². The van der Waals surface area contributed by atoms with Crippen LogP contribution >= 0.6 is 0 Å². The smallest absolute Gasteiger partial charge is 0.323 e. The van der Waals surface area contributed by atoms with Gasteiger partial charge < -0.3 is 9.84 Å². The third kappa shape index (κ3) is 2.79. The number of carboxylic acid groups (broad SMARTS) is 1. The summed E-state index contributed by atoms with van der Waals surface area (Å²) in [5.74, 6) is -1.24. The van der Waals surface area contributed by atoms with Crippen LogP contribution in [-0.2, 0) is 11.3 Å². The molecule has 0 radical (unpaired) electrons. The number of methoxy groups -OCH3 is 1. The number of rotatable bonds is 5. The SMILES string of the molecule is COc1cccc(CN(C)C(C)(C)C(=O)O)c1F. The number of carboxylic acids is 1. The summed E-state index contributed by atoms with van der Waals surface area (Å²) < 4.78 is 18.8. The van der Waals surface area contributed by atoms with Gasteiger partial charge in [0.1, 0.15) is 5.54 Å². The molecule has 0 saturated heterocycles. The molecule has 1 N–H and O–H groups in total. The maximum atomic E-state index is 13.9. The summed E-state index contributed by atoms with van der Waals surface area (Å²) in [4.78, 5) is 12.7. The number of likely N-dealkylation sites (N-methyl/N-ethyl adjacent to an activating group) is 1. The molecule has 0 spiro atoms. The molecule has 1 aromatic carbocycles. The molecule has 18 heavy (non-hydrogen) atoms. The zero-order valence-electron chi connectivity index (χ0n) is 11.0. The van der Waals surface area contributed by atoms with Gasteiger partial charge in [0.2, 0.25) is 0 Å². The molecule has 5 heteroatoms. The highest BCUT2D eigenvalue weighted by atomic mass is 19.1. The molecule has 0 fully saturated rings. The fraction of sp³-hybridized carbons (Fsp3) is 0.462. The van der Waals surface area contributed by atoms with Gasteiger partial charge in [-0.25, -0.2) is 4.39 Å². The second-order valence-corrected chi connectivity index (χ2v) is 4.65. The first kappa shape index (κ1) is 14.4. The van der Waals surface area contributed by atoms with E-state index in [4.69, 9.17) is 9.84 Å². The van der Waals surface area contributed by atoms with Crippen molar-refractivity contribution in [2.45, 2.75) is 25.9 Å². The van der Waals surface area contributed by atoms with Gasteiger partial charge in [-0.3, -0.25) is 9.69 Å². The largest absolute Gasteiger partial charge is 0.494 e. The van der Waals surface area contributed by atoms with Crippen LogP contribution in [0, 0.1) is 5.82 Å². The van der Waals surface area contributed by atoms with E-state index in [-0.39, 0.29) is 12.3 Å². The van der Waals surface area contributed by atoms with E-state index in [1.54, 1.807) is 37.9 Å². The highest BCUT2D eigenvalue weighted by molar-refractivity contribution is 5.77. The van der Waals surface area contributed by atoms with Gasteiger partial charge in [-0.15, -0.1) is 0 Å². The van der Waals surface area contributed by atoms with Gasteiger partial charge in [0.15, 0.2) is 11.6 Å². The third-order valence-corrected chi connectivity index (χ3v) is 3.15. The molecule has 0 saturated carbocycles. The lowest BCUT2D eigenvalue weighted by Gasteiger charge is -2.31. The molecule has 1 aromatic rings. The molecule has 0 bridgehead atoms. The summed E-state index contributed by atoms with van der Waals surface area (Å²) in [6.07, 6.45) is 0. The van der Waals surface area contributed by atoms with Crippen LogP contribution in [0.2, 0.25) is 0 Å². The van der Waals surface area contributed by atoms with Gasteiger partial charge in [0, 0.05) is 12.1 Å². The Morgan fingerprint density at radius 3 is 2.61 bits per heavy atom. The van der Waals surface area contributed by atoms with Crippen LogP contribution in [0.25, 0.3) is 0 Å². The molecule has 0 aliphatic heterocycles. The molecule has 0 heterocycles. The molecule has 100 valence electrons. The van der Waals surface area contributed by atoms with Crippen molar-refractivity contribution in [3.63, 3.8) is 0 Å². The average Bonchev–Trinajstić information content (AvgIpc) is 2.31. The molecule has 0 aromatic heterocycles. The fourth-order valence-electron chi connectivity index (χ4n) is 1.45. The fourth-order valence-corrected chi connectivity index (χ4v) is 1.45. The summed E-state index contributed by atoms with van der Waals surface area (Å²) >= 11 is 0. The predicted molar refractivity (Wildman–Crippen MR) is 66.1 cm³/mol.